The van der Waals surface area contributed by atoms with Gasteiger partial charge in [-0.2, -0.15) is 0 Å². The van der Waals surface area contributed by atoms with Crippen molar-refractivity contribution in [1.82, 2.24) is 19.4 Å². The molecule has 1 amide bonds. The molecule has 1 aromatic heterocycles. The maximum Gasteiger partial charge on any atom is 0.257 e. The van der Waals surface area contributed by atoms with Gasteiger partial charge in [0.05, 0.1) is 45.5 Å². The Labute approximate surface area is 171 Å². The van der Waals surface area contributed by atoms with E-state index in [4.69, 9.17) is 14.2 Å². The molecule has 3 heterocycles. The van der Waals surface area contributed by atoms with Crippen LogP contribution in [-0.2, 0) is 23.1 Å². The zero-order valence-electron chi connectivity index (χ0n) is 17.0. The maximum absolute atomic E-state index is 13.2. The fourth-order valence-electron chi connectivity index (χ4n) is 4.00. The van der Waals surface area contributed by atoms with Gasteiger partial charge in [-0.25, -0.2) is 4.98 Å². The van der Waals surface area contributed by atoms with Crippen LogP contribution in [0.15, 0.2) is 36.7 Å². The molecular weight excluding hydrogens is 372 g/mol. The first-order valence-corrected chi connectivity index (χ1v) is 9.99. The second-order valence-electron chi connectivity index (χ2n) is 7.55. The van der Waals surface area contributed by atoms with Crippen molar-refractivity contribution in [1.29, 1.82) is 0 Å². The number of nitrogens with zero attached hydrogens (tertiary/aromatic N) is 4. The van der Waals surface area contributed by atoms with Crippen LogP contribution in [0.2, 0.25) is 0 Å². The smallest absolute Gasteiger partial charge is 0.257 e. The predicted molar refractivity (Wildman–Crippen MR) is 107 cm³/mol. The number of imidazole rings is 1. The van der Waals surface area contributed by atoms with Crippen molar-refractivity contribution in [3.63, 3.8) is 0 Å². The highest BCUT2D eigenvalue weighted by atomic mass is 16.7. The minimum atomic E-state index is -0.822. The van der Waals surface area contributed by atoms with Crippen molar-refractivity contribution in [2.45, 2.75) is 18.8 Å². The number of amides is 1. The standard InChI is InChI=1S/C21H28N4O4/c1-23-10-8-22-19(23)14-24-9-5-12-28-21(15-24)16-25(11-13-29-21)20(26)17-6-3-4-7-18(17)27-2/h3-4,6-8,10H,5,9,11-16H2,1-2H3. The van der Waals surface area contributed by atoms with Crippen LogP contribution in [0.25, 0.3) is 0 Å². The Balaban J connectivity index is 1.50. The summed E-state index contributed by atoms with van der Waals surface area (Å²) in [7, 11) is 3.58. The minimum absolute atomic E-state index is 0.0615. The van der Waals surface area contributed by atoms with Crippen LogP contribution in [0.4, 0.5) is 0 Å². The van der Waals surface area contributed by atoms with Gasteiger partial charge in [-0.3, -0.25) is 9.69 Å². The summed E-state index contributed by atoms with van der Waals surface area (Å²) in [6.45, 7) is 4.18. The molecule has 0 aliphatic carbocycles. The number of aromatic nitrogens is 2. The monoisotopic (exact) mass is 400 g/mol. The maximum atomic E-state index is 13.2. The third-order valence-corrected chi connectivity index (χ3v) is 5.52. The van der Waals surface area contributed by atoms with Crippen LogP contribution < -0.4 is 4.74 Å². The number of aryl methyl sites for hydroxylation is 1. The van der Waals surface area contributed by atoms with Crippen molar-refractivity contribution in [2.75, 3.05) is 46.5 Å². The molecule has 29 heavy (non-hydrogen) atoms. The van der Waals surface area contributed by atoms with Gasteiger partial charge in [0.1, 0.15) is 11.6 Å². The van der Waals surface area contributed by atoms with E-state index in [1.807, 2.05) is 41.0 Å². The highest BCUT2D eigenvalue weighted by molar-refractivity contribution is 5.97. The van der Waals surface area contributed by atoms with E-state index in [9.17, 15) is 4.79 Å². The van der Waals surface area contributed by atoms with Crippen LogP contribution in [0.5, 0.6) is 5.75 Å². The lowest BCUT2D eigenvalue weighted by Crippen LogP contribution is -2.59. The molecule has 1 unspecified atom stereocenters. The first-order valence-electron chi connectivity index (χ1n) is 9.99. The molecule has 0 N–H and O–H groups in total. The van der Waals surface area contributed by atoms with E-state index in [1.54, 1.807) is 19.2 Å². The molecule has 8 heteroatoms. The highest BCUT2D eigenvalue weighted by Gasteiger charge is 2.42. The molecule has 1 aromatic carbocycles. The van der Waals surface area contributed by atoms with Gasteiger partial charge in [0.2, 0.25) is 0 Å². The van der Waals surface area contributed by atoms with E-state index in [0.29, 0.717) is 44.2 Å². The molecule has 1 atom stereocenters. The molecule has 0 radical (unpaired) electrons. The first-order chi connectivity index (χ1) is 14.1. The van der Waals surface area contributed by atoms with Gasteiger partial charge in [0.25, 0.3) is 5.91 Å². The van der Waals surface area contributed by atoms with E-state index in [-0.39, 0.29) is 5.91 Å². The molecule has 2 fully saturated rings. The van der Waals surface area contributed by atoms with Crippen molar-refractivity contribution < 1.29 is 19.0 Å². The Hall–Kier alpha value is -2.42. The Morgan fingerprint density at radius 1 is 1.21 bits per heavy atom. The lowest BCUT2D eigenvalue weighted by atomic mass is 10.1. The normalized spacial score (nSPS) is 23.2. The van der Waals surface area contributed by atoms with Crippen LogP contribution in [-0.4, -0.2) is 77.5 Å². The lowest BCUT2D eigenvalue weighted by Gasteiger charge is -2.43. The second kappa shape index (κ2) is 8.52. The Morgan fingerprint density at radius 3 is 2.83 bits per heavy atom. The summed E-state index contributed by atoms with van der Waals surface area (Å²) < 4.78 is 19.7. The summed E-state index contributed by atoms with van der Waals surface area (Å²) in [6.07, 6.45) is 4.67. The molecule has 156 valence electrons. The van der Waals surface area contributed by atoms with Gasteiger partial charge < -0.3 is 23.7 Å². The SMILES string of the molecule is COc1ccccc1C(=O)N1CCOC2(CN(Cc3nccn3C)CCCO2)C1. The Morgan fingerprint density at radius 2 is 2.03 bits per heavy atom. The molecule has 2 aromatic rings. The summed E-state index contributed by atoms with van der Waals surface area (Å²) >= 11 is 0. The quantitative estimate of drug-likeness (QED) is 0.775. The number of rotatable bonds is 4. The van der Waals surface area contributed by atoms with Crippen LogP contribution >= 0.6 is 0 Å². The van der Waals surface area contributed by atoms with Crippen LogP contribution in [0.1, 0.15) is 22.6 Å². The largest absolute Gasteiger partial charge is 0.496 e. The number of morpholine rings is 1. The van der Waals surface area contributed by atoms with Gasteiger partial charge in [0.15, 0.2) is 5.79 Å². The molecule has 8 nitrogen and oxygen atoms in total. The Bertz CT molecular complexity index is 855. The van der Waals surface area contributed by atoms with E-state index >= 15 is 0 Å². The first kappa shape index (κ1) is 19.9. The van der Waals surface area contributed by atoms with Crippen molar-refractivity contribution in [3.05, 3.63) is 48.0 Å². The predicted octanol–water partition coefficient (Wildman–Crippen LogP) is 1.52. The van der Waals surface area contributed by atoms with Crippen LogP contribution in [0, 0.1) is 0 Å². The van der Waals surface area contributed by atoms with Gasteiger partial charge in [-0.1, -0.05) is 12.1 Å². The number of hydrogen-bond donors (Lipinski definition) is 0. The summed E-state index contributed by atoms with van der Waals surface area (Å²) in [5, 5.41) is 0. The van der Waals surface area contributed by atoms with E-state index < -0.39 is 5.79 Å². The molecule has 2 aliphatic heterocycles. The number of ether oxygens (including phenoxy) is 3. The number of hydrogen-bond acceptors (Lipinski definition) is 6. The second-order valence-corrected chi connectivity index (χ2v) is 7.55. The number of carbonyl (C=O) groups excluding carboxylic acids is 1. The van der Waals surface area contributed by atoms with Crippen molar-refractivity contribution in [2.24, 2.45) is 7.05 Å². The molecule has 2 saturated heterocycles. The summed E-state index contributed by atoms with van der Waals surface area (Å²) in [5.74, 6) is 0.696. The van der Waals surface area contributed by atoms with Gasteiger partial charge in [0, 0.05) is 32.5 Å². The summed E-state index contributed by atoms with van der Waals surface area (Å²) in [5.41, 5.74) is 0.561. The van der Waals surface area contributed by atoms with Crippen LogP contribution in [0.3, 0.4) is 0 Å². The zero-order valence-corrected chi connectivity index (χ0v) is 17.0. The van der Waals surface area contributed by atoms with Crippen molar-refractivity contribution in [3.8, 4) is 5.75 Å². The number of carbonyl (C=O) groups is 1. The van der Waals surface area contributed by atoms with Gasteiger partial charge >= 0.3 is 0 Å². The molecular formula is C21H28N4O4. The van der Waals surface area contributed by atoms with Gasteiger partial charge in [-0.05, 0) is 18.6 Å². The zero-order chi connectivity index (χ0) is 20.3. The molecule has 0 bridgehead atoms. The third kappa shape index (κ3) is 4.29. The van der Waals surface area contributed by atoms with E-state index in [1.165, 1.54) is 0 Å². The Kier molecular flexibility index (Phi) is 5.84. The summed E-state index contributed by atoms with van der Waals surface area (Å²) in [6, 6.07) is 7.31. The molecule has 1 spiro atoms. The number of benzene rings is 1. The minimum Gasteiger partial charge on any atom is -0.496 e. The van der Waals surface area contributed by atoms with E-state index in [0.717, 1.165) is 25.3 Å². The number of methoxy groups -OCH3 is 1. The highest BCUT2D eigenvalue weighted by Crippen LogP contribution is 2.27. The average molecular weight is 400 g/mol. The van der Waals surface area contributed by atoms with Crippen molar-refractivity contribution >= 4 is 5.91 Å². The fraction of sp³-hybridized carbons (Fsp3) is 0.524. The average Bonchev–Trinajstić information content (AvgIpc) is 3.04. The molecule has 2 aliphatic rings. The topological polar surface area (TPSA) is 69.1 Å². The molecule has 0 saturated carbocycles. The van der Waals surface area contributed by atoms with E-state index in [2.05, 4.69) is 9.88 Å². The lowest BCUT2D eigenvalue weighted by molar-refractivity contribution is -0.261. The molecule has 4 rings (SSSR count). The fourth-order valence-corrected chi connectivity index (χ4v) is 4.00. The van der Waals surface area contributed by atoms with Gasteiger partial charge in [-0.15, -0.1) is 0 Å². The summed E-state index contributed by atoms with van der Waals surface area (Å²) in [4.78, 5) is 21.7. The third-order valence-electron chi connectivity index (χ3n) is 5.52. The number of para-hydroxylation sites is 1.